The molecule has 0 aliphatic rings. The molecule has 1 atom stereocenters. The number of aryl methyl sites for hydroxylation is 3. The van der Waals surface area contributed by atoms with Crippen molar-refractivity contribution in [2.75, 3.05) is 0 Å². The zero-order valence-electron chi connectivity index (χ0n) is 20.8. The van der Waals surface area contributed by atoms with Gasteiger partial charge in [-0.15, -0.1) is 0 Å². The fourth-order valence-corrected chi connectivity index (χ4v) is 6.58. The van der Waals surface area contributed by atoms with E-state index in [1.807, 2.05) is 59.7 Å². The van der Waals surface area contributed by atoms with Crippen LogP contribution in [0.25, 0.3) is 0 Å². The van der Waals surface area contributed by atoms with Crippen molar-refractivity contribution in [2.24, 2.45) is 5.41 Å². The van der Waals surface area contributed by atoms with E-state index in [0.717, 1.165) is 22.3 Å². The highest BCUT2D eigenvalue weighted by atomic mass is 31.2. The Morgan fingerprint density at radius 1 is 0.853 bits per heavy atom. The van der Waals surface area contributed by atoms with Crippen molar-refractivity contribution in [3.8, 4) is 0 Å². The smallest absolute Gasteiger partial charge is 0.311 e. The highest BCUT2D eigenvalue weighted by molar-refractivity contribution is 7.93. The lowest BCUT2D eigenvalue weighted by Crippen LogP contribution is -2.26. The van der Waals surface area contributed by atoms with Gasteiger partial charge in [0.15, 0.2) is 0 Å². The molecule has 0 fully saturated rings. The summed E-state index contributed by atoms with van der Waals surface area (Å²) in [5.41, 5.74) is 3.08. The molecule has 0 aliphatic carbocycles. The molecule has 4 nitrogen and oxygen atoms in total. The third-order valence-corrected chi connectivity index (χ3v) is 9.25. The number of rotatable bonds is 8. The third kappa shape index (κ3) is 5.08. The van der Waals surface area contributed by atoms with Crippen molar-refractivity contribution in [3.05, 3.63) is 94.5 Å². The zero-order valence-corrected chi connectivity index (χ0v) is 21.7. The van der Waals surface area contributed by atoms with Gasteiger partial charge in [0.2, 0.25) is 12.7 Å². The Bertz CT molecular complexity index is 1220. The van der Waals surface area contributed by atoms with Crippen LogP contribution in [0.4, 0.5) is 0 Å². The summed E-state index contributed by atoms with van der Waals surface area (Å²) in [6.45, 7) is 11.5. The first-order chi connectivity index (χ1) is 16.0. The SMILES string of the molecule is CCC(C)(C)C(=O)OCc1ccc(P(=O)(C(=O)c2c(C)cc(C)cc2C)c2ccccc2)cc1. The summed E-state index contributed by atoms with van der Waals surface area (Å²) >= 11 is 0. The highest BCUT2D eigenvalue weighted by Crippen LogP contribution is 2.48. The van der Waals surface area contributed by atoms with Gasteiger partial charge in [0.25, 0.3) is 0 Å². The Kier molecular flexibility index (Phi) is 7.63. The fourth-order valence-electron chi connectivity index (χ4n) is 3.99. The van der Waals surface area contributed by atoms with E-state index in [1.165, 1.54) is 0 Å². The van der Waals surface area contributed by atoms with Gasteiger partial charge < -0.3 is 9.30 Å². The molecule has 0 saturated carbocycles. The monoisotopic (exact) mass is 476 g/mol. The van der Waals surface area contributed by atoms with Gasteiger partial charge in [-0.1, -0.05) is 79.2 Å². The van der Waals surface area contributed by atoms with E-state index in [0.29, 0.717) is 22.6 Å². The molecular weight excluding hydrogens is 443 g/mol. The minimum absolute atomic E-state index is 0.127. The van der Waals surface area contributed by atoms with Crippen molar-refractivity contribution >= 4 is 29.2 Å². The second-order valence-corrected chi connectivity index (χ2v) is 12.2. The van der Waals surface area contributed by atoms with Crippen molar-refractivity contribution in [2.45, 2.75) is 54.6 Å². The molecule has 3 rings (SSSR count). The van der Waals surface area contributed by atoms with Gasteiger partial charge >= 0.3 is 5.97 Å². The predicted molar refractivity (Wildman–Crippen MR) is 139 cm³/mol. The number of carbonyl (C=O) groups is 2. The lowest BCUT2D eigenvalue weighted by atomic mass is 9.91. The minimum atomic E-state index is -3.64. The first-order valence-electron chi connectivity index (χ1n) is 11.6. The molecule has 0 bridgehead atoms. The summed E-state index contributed by atoms with van der Waals surface area (Å²) in [5.74, 6) is -0.255. The molecular formula is C29H33O4P. The maximum absolute atomic E-state index is 14.6. The number of esters is 1. The molecule has 0 heterocycles. The van der Waals surface area contributed by atoms with E-state index < -0.39 is 12.6 Å². The first kappa shape index (κ1) is 25.6. The van der Waals surface area contributed by atoms with E-state index in [4.69, 9.17) is 4.74 Å². The summed E-state index contributed by atoms with van der Waals surface area (Å²) in [7, 11) is -3.64. The number of benzene rings is 3. The Morgan fingerprint density at radius 2 is 1.38 bits per heavy atom. The van der Waals surface area contributed by atoms with Crippen molar-refractivity contribution in [1.29, 1.82) is 0 Å². The average Bonchev–Trinajstić information content (AvgIpc) is 2.82. The van der Waals surface area contributed by atoms with E-state index in [1.54, 1.807) is 48.5 Å². The van der Waals surface area contributed by atoms with E-state index in [2.05, 4.69) is 0 Å². The molecule has 0 N–H and O–H groups in total. The van der Waals surface area contributed by atoms with Crippen LogP contribution in [-0.2, 0) is 20.7 Å². The normalized spacial score (nSPS) is 13.2. The molecule has 0 spiro atoms. The molecule has 3 aromatic rings. The van der Waals surface area contributed by atoms with Crippen LogP contribution >= 0.6 is 7.14 Å². The second-order valence-electron chi connectivity index (χ2n) is 9.50. The summed E-state index contributed by atoms with van der Waals surface area (Å²) in [6.07, 6.45) is 0.686. The Labute approximate surface area is 202 Å². The Balaban J connectivity index is 2.01. The molecule has 5 heteroatoms. The number of hydrogen-bond acceptors (Lipinski definition) is 4. The predicted octanol–water partition coefficient (Wildman–Crippen LogP) is 6.25. The van der Waals surface area contributed by atoms with Gasteiger partial charge in [0.05, 0.1) is 5.41 Å². The average molecular weight is 477 g/mol. The number of carbonyl (C=O) groups excluding carboxylic acids is 2. The van der Waals surface area contributed by atoms with Crippen LogP contribution in [0.5, 0.6) is 0 Å². The largest absolute Gasteiger partial charge is 0.460 e. The van der Waals surface area contributed by atoms with Gasteiger partial charge in [-0.3, -0.25) is 9.59 Å². The zero-order chi connectivity index (χ0) is 25.1. The van der Waals surface area contributed by atoms with Gasteiger partial charge in [-0.05, 0) is 57.7 Å². The van der Waals surface area contributed by atoms with E-state index in [-0.39, 0.29) is 18.1 Å². The Morgan fingerprint density at radius 3 is 1.91 bits per heavy atom. The molecule has 34 heavy (non-hydrogen) atoms. The third-order valence-electron chi connectivity index (χ3n) is 6.40. The number of ether oxygens (including phenoxy) is 1. The standard InChI is InChI=1S/C29H33O4P/c1-7-29(5,6)28(31)33-19-23-13-15-25(16-14-23)34(32,24-11-9-8-10-12-24)27(30)26-21(3)17-20(2)18-22(26)4/h8-18H,7,19H2,1-6H3. The maximum atomic E-state index is 14.6. The molecule has 0 radical (unpaired) electrons. The topological polar surface area (TPSA) is 60.4 Å². The summed E-state index contributed by atoms with van der Waals surface area (Å²) < 4.78 is 20.1. The lowest BCUT2D eigenvalue weighted by Gasteiger charge is -2.22. The lowest BCUT2D eigenvalue weighted by molar-refractivity contribution is -0.155. The van der Waals surface area contributed by atoms with E-state index in [9.17, 15) is 14.2 Å². The Hall–Kier alpha value is -2.97. The highest BCUT2D eigenvalue weighted by Gasteiger charge is 2.38. The van der Waals surface area contributed by atoms with Gasteiger partial charge in [0.1, 0.15) is 6.61 Å². The fraction of sp³-hybridized carbons (Fsp3) is 0.310. The van der Waals surface area contributed by atoms with Gasteiger partial charge in [-0.25, -0.2) is 0 Å². The number of hydrogen-bond donors (Lipinski definition) is 0. The first-order valence-corrected chi connectivity index (χ1v) is 13.3. The molecule has 0 aromatic heterocycles. The summed E-state index contributed by atoms with van der Waals surface area (Å²) in [5, 5.41) is 0.968. The van der Waals surface area contributed by atoms with Crippen LogP contribution in [0.3, 0.4) is 0 Å². The van der Waals surface area contributed by atoms with Crippen LogP contribution in [-0.4, -0.2) is 11.5 Å². The molecule has 0 amide bonds. The quantitative estimate of drug-likeness (QED) is 0.285. The summed E-state index contributed by atoms with van der Waals surface area (Å²) in [6, 6.07) is 19.8. The van der Waals surface area contributed by atoms with Crippen LogP contribution in [0.2, 0.25) is 0 Å². The molecule has 0 aliphatic heterocycles. The van der Waals surface area contributed by atoms with Gasteiger partial charge in [0, 0.05) is 16.2 Å². The minimum Gasteiger partial charge on any atom is -0.460 e. The maximum Gasteiger partial charge on any atom is 0.311 e. The van der Waals surface area contributed by atoms with Gasteiger partial charge in [-0.2, -0.15) is 0 Å². The molecule has 1 unspecified atom stereocenters. The van der Waals surface area contributed by atoms with Crippen molar-refractivity contribution in [1.82, 2.24) is 0 Å². The van der Waals surface area contributed by atoms with E-state index >= 15 is 0 Å². The second kappa shape index (κ2) is 10.1. The van der Waals surface area contributed by atoms with Crippen LogP contribution in [0.1, 0.15) is 59.8 Å². The molecule has 3 aromatic carbocycles. The van der Waals surface area contributed by atoms with Crippen LogP contribution in [0, 0.1) is 26.2 Å². The molecule has 178 valence electrons. The van der Waals surface area contributed by atoms with Crippen molar-refractivity contribution < 1.29 is 18.9 Å². The summed E-state index contributed by atoms with van der Waals surface area (Å²) in [4.78, 5) is 26.2. The van der Waals surface area contributed by atoms with Crippen molar-refractivity contribution in [3.63, 3.8) is 0 Å². The van der Waals surface area contributed by atoms with Crippen LogP contribution in [0.15, 0.2) is 66.7 Å². The van der Waals surface area contributed by atoms with Crippen LogP contribution < -0.4 is 10.6 Å². The molecule has 0 saturated heterocycles.